The van der Waals surface area contributed by atoms with Gasteiger partial charge in [0.15, 0.2) is 11.5 Å². The number of rotatable bonds is 10. The summed E-state index contributed by atoms with van der Waals surface area (Å²) in [5.41, 5.74) is 3.68. The van der Waals surface area contributed by atoms with Crippen molar-refractivity contribution in [2.45, 2.75) is 0 Å². The zero-order valence-electron chi connectivity index (χ0n) is 15.2. The topological polar surface area (TPSA) is 69.2 Å². The van der Waals surface area contributed by atoms with E-state index in [9.17, 15) is 4.79 Å². The summed E-state index contributed by atoms with van der Waals surface area (Å²) in [6, 6.07) is 12.2. The fourth-order valence-corrected chi connectivity index (χ4v) is 2.15. The van der Waals surface area contributed by atoms with Crippen molar-refractivity contribution < 1.29 is 19.0 Å². The fourth-order valence-electron chi connectivity index (χ4n) is 2.15. The van der Waals surface area contributed by atoms with Gasteiger partial charge in [-0.15, -0.1) is 0 Å². The minimum atomic E-state index is -0.362. The molecule has 140 valence electrons. The van der Waals surface area contributed by atoms with E-state index in [0.717, 1.165) is 5.56 Å². The van der Waals surface area contributed by atoms with Crippen molar-refractivity contribution in [2.75, 3.05) is 20.3 Å². The van der Waals surface area contributed by atoms with Gasteiger partial charge in [-0.2, -0.15) is 5.10 Å². The first-order valence-corrected chi connectivity index (χ1v) is 8.26. The highest BCUT2D eigenvalue weighted by molar-refractivity contribution is 5.95. The predicted octanol–water partition coefficient (Wildman–Crippen LogP) is 3.59. The van der Waals surface area contributed by atoms with Crippen molar-refractivity contribution in [3.05, 3.63) is 78.9 Å². The van der Waals surface area contributed by atoms with Crippen LogP contribution in [0.4, 0.5) is 0 Å². The van der Waals surface area contributed by atoms with Crippen LogP contribution < -0.4 is 19.6 Å². The summed E-state index contributed by atoms with van der Waals surface area (Å²) in [6.07, 6.45) is 4.84. The first kappa shape index (κ1) is 19.8. The zero-order valence-corrected chi connectivity index (χ0v) is 15.2. The van der Waals surface area contributed by atoms with Crippen molar-refractivity contribution in [3.63, 3.8) is 0 Å². The van der Waals surface area contributed by atoms with Crippen LogP contribution in [0.2, 0.25) is 0 Å². The monoisotopic (exact) mass is 366 g/mol. The van der Waals surface area contributed by atoms with Crippen LogP contribution in [0.1, 0.15) is 15.9 Å². The van der Waals surface area contributed by atoms with Gasteiger partial charge in [0.2, 0.25) is 0 Å². The largest absolute Gasteiger partial charge is 0.493 e. The van der Waals surface area contributed by atoms with Crippen molar-refractivity contribution in [1.82, 2.24) is 5.43 Å². The second-order valence-electron chi connectivity index (χ2n) is 5.34. The first-order valence-electron chi connectivity index (χ1n) is 8.26. The Morgan fingerprint density at radius 3 is 2.59 bits per heavy atom. The Bertz CT molecular complexity index is 831. The molecule has 2 aromatic rings. The van der Waals surface area contributed by atoms with Crippen molar-refractivity contribution in [1.29, 1.82) is 0 Å². The van der Waals surface area contributed by atoms with Crippen LogP contribution in [0.5, 0.6) is 17.2 Å². The van der Waals surface area contributed by atoms with E-state index in [1.54, 1.807) is 30.4 Å². The number of nitrogens with one attached hydrogen (secondary N) is 1. The predicted molar refractivity (Wildman–Crippen MR) is 106 cm³/mol. The van der Waals surface area contributed by atoms with E-state index in [0.29, 0.717) is 36.0 Å². The van der Waals surface area contributed by atoms with Gasteiger partial charge in [-0.1, -0.05) is 37.4 Å². The number of methoxy groups -OCH3 is 1. The molecule has 0 saturated carbocycles. The molecule has 1 amide bonds. The molecule has 6 nitrogen and oxygen atoms in total. The zero-order chi connectivity index (χ0) is 19.5. The van der Waals surface area contributed by atoms with Crippen LogP contribution in [0.15, 0.2) is 72.9 Å². The molecule has 0 aromatic heterocycles. The Balaban J connectivity index is 2.01. The second kappa shape index (κ2) is 10.5. The second-order valence-corrected chi connectivity index (χ2v) is 5.34. The van der Waals surface area contributed by atoms with Gasteiger partial charge in [-0.3, -0.25) is 4.79 Å². The normalized spacial score (nSPS) is 10.3. The van der Waals surface area contributed by atoms with E-state index in [2.05, 4.69) is 23.7 Å². The number of amides is 1. The molecule has 2 aromatic carbocycles. The maximum absolute atomic E-state index is 12.3. The van der Waals surface area contributed by atoms with Gasteiger partial charge in [0, 0.05) is 5.56 Å². The standard InChI is InChI=1S/C21H22N2O4/c1-4-11-26-18-8-6-7-16(13-18)15-22-23-21(24)17-9-10-19(27-12-5-2)20(14-17)25-3/h4-10,13-15H,1-2,11-12H2,3H3,(H,23,24)/b22-15+. The fraction of sp³-hybridized carbons (Fsp3) is 0.143. The molecule has 0 atom stereocenters. The van der Waals surface area contributed by atoms with Crippen LogP contribution in [0.3, 0.4) is 0 Å². The van der Waals surface area contributed by atoms with Crippen molar-refractivity contribution in [3.8, 4) is 17.2 Å². The molecule has 0 radical (unpaired) electrons. The maximum atomic E-state index is 12.3. The molecule has 0 aliphatic carbocycles. The molecule has 6 heteroatoms. The average molecular weight is 366 g/mol. The van der Waals surface area contributed by atoms with E-state index in [1.807, 2.05) is 24.3 Å². The van der Waals surface area contributed by atoms with Gasteiger partial charge in [0.1, 0.15) is 19.0 Å². The Morgan fingerprint density at radius 2 is 1.85 bits per heavy atom. The molecule has 27 heavy (non-hydrogen) atoms. The number of benzene rings is 2. The highest BCUT2D eigenvalue weighted by atomic mass is 16.5. The van der Waals surface area contributed by atoms with Gasteiger partial charge in [-0.25, -0.2) is 5.43 Å². The van der Waals surface area contributed by atoms with Gasteiger partial charge < -0.3 is 14.2 Å². The summed E-state index contributed by atoms with van der Waals surface area (Å²) in [5.74, 6) is 1.33. The van der Waals surface area contributed by atoms with Gasteiger partial charge in [0.25, 0.3) is 5.91 Å². The summed E-state index contributed by atoms with van der Waals surface area (Å²) < 4.78 is 16.2. The number of carbonyl (C=O) groups excluding carboxylic acids is 1. The van der Waals surface area contributed by atoms with Crippen LogP contribution in [-0.2, 0) is 0 Å². The van der Waals surface area contributed by atoms with E-state index in [4.69, 9.17) is 14.2 Å². The molecule has 0 saturated heterocycles. The van der Waals surface area contributed by atoms with Crippen LogP contribution >= 0.6 is 0 Å². The van der Waals surface area contributed by atoms with Gasteiger partial charge in [0.05, 0.1) is 13.3 Å². The lowest BCUT2D eigenvalue weighted by Gasteiger charge is -2.10. The van der Waals surface area contributed by atoms with E-state index in [-0.39, 0.29) is 5.91 Å². The third-order valence-electron chi connectivity index (χ3n) is 3.39. The van der Waals surface area contributed by atoms with Gasteiger partial charge in [-0.05, 0) is 35.9 Å². The quantitative estimate of drug-likeness (QED) is 0.396. The van der Waals surface area contributed by atoms with E-state index < -0.39 is 0 Å². The summed E-state index contributed by atoms with van der Waals surface area (Å²) in [5, 5.41) is 3.98. The van der Waals surface area contributed by atoms with Gasteiger partial charge >= 0.3 is 0 Å². The maximum Gasteiger partial charge on any atom is 0.271 e. The average Bonchev–Trinajstić information content (AvgIpc) is 2.70. The molecule has 0 aliphatic rings. The summed E-state index contributed by atoms with van der Waals surface area (Å²) in [4.78, 5) is 12.3. The molecule has 0 bridgehead atoms. The summed E-state index contributed by atoms with van der Waals surface area (Å²) in [7, 11) is 1.51. The highest BCUT2D eigenvalue weighted by Gasteiger charge is 2.10. The molecule has 2 rings (SSSR count). The number of carbonyl (C=O) groups is 1. The Labute approximate surface area is 158 Å². The first-order chi connectivity index (χ1) is 13.2. The molecular formula is C21H22N2O4. The summed E-state index contributed by atoms with van der Waals surface area (Å²) >= 11 is 0. The summed E-state index contributed by atoms with van der Waals surface area (Å²) in [6.45, 7) is 7.98. The smallest absolute Gasteiger partial charge is 0.271 e. The Hall–Kier alpha value is -3.54. The molecule has 0 spiro atoms. The van der Waals surface area contributed by atoms with Crippen LogP contribution in [0.25, 0.3) is 0 Å². The Kier molecular flexibility index (Phi) is 7.66. The third-order valence-corrected chi connectivity index (χ3v) is 3.39. The lowest BCUT2D eigenvalue weighted by atomic mass is 10.2. The SMILES string of the molecule is C=CCOc1cccc(/C=N/NC(=O)c2ccc(OCC=C)c(OC)c2)c1. The molecule has 0 unspecified atom stereocenters. The molecular weight excluding hydrogens is 344 g/mol. The van der Waals surface area contributed by atoms with Crippen molar-refractivity contribution >= 4 is 12.1 Å². The minimum absolute atomic E-state index is 0.349. The number of hydrogen-bond acceptors (Lipinski definition) is 5. The minimum Gasteiger partial charge on any atom is -0.493 e. The third kappa shape index (κ3) is 6.04. The Morgan fingerprint density at radius 1 is 1.07 bits per heavy atom. The van der Waals surface area contributed by atoms with E-state index >= 15 is 0 Å². The molecule has 0 heterocycles. The van der Waals surface area contributed by atoms with E-state index in [1.165, 1.54) is 13.3 Å². The van der Waals surface area contributed by atoms with Crippen molar-refractivity contribution in [2.24, 2.45) is 5.10 Å². The van der Waals surface area contributed by atoms with Crippen LogP contribution in [-0.4, -0.2) is 32.4 Å². The molecule has 1 N–H and O–H groups in total. The number of ether oxygens (including phenoxy) is 3. The highest BCUT2D eigenvalue weighted by Crippen LogP contribution is 2.28. The number of hydrogen-bond donors (Lipinski definition) is 1. The number of nitrogens with zero attached hydrogens (tertiary/aromatic N) is 1. The molecule has 0 fully saturated rings. The lowest BCUT2D eigenvalue weighted by Crippen LogP contribution is -2.17. The molecule has 0 aliphatic heterocycles. The number of hydrazone groups is 1. The van der Waals surface area contributed by atoms with Crippen LogP contribution in [0, 0.1) is 0 Å². The lowest BCUT2D eigenvalue weighted by molar-refractivity contribution is 0.0954.